The molecule has 0 spiro atoms. The van der Waals surface area contributed by atoms with Crippen LogP contribution in [0.3, 0.4) is 0 Å². The average molecular weight is 271 g/mol. The lowest BCUT2D eigenvalue weighted by Gasteiger charge is -2.02. The van der Waals surface area contributed by atoms with Gasteiger partial charge in [0.25, 0.3) is 0 Å². The molecular weight excluding hydrogens is 256 g/mol. The molecule has 1 aromatic heterocycles. The van der Waals surface area contributed by atoms with E-state index in [2.05, 4.69) is 59.4 Å². The van der Waals surface area contributed by atoms with Gasteiger partial charge in [-0.15, -0.1) is 0 Å². The Kier molecular flexibility index (Phi) is 3.75. The summed E-state index contributed by atoms with van der Waals surface area (Å²) < 4.78 is 2.16. The predicted octanol–water partition coefficient (Wildman–Crippen LogP) is 3.56. The zero-order chi connectivity index (χ0) is 14.5. The molecular formula is C19H15N2+. The lowest BCUT2D eigenvalue weighted by atomic mass is 10.1. The summed E-state index contributed by atoms with van der Waals surface area (Å²) in [6, 6.07) is 24.4. The molecule has 0 aliphatic heterocycles. The molecule has 0 unspecified atom stereocenters. The van der Waals surface area contributed by atoms with E-state index in [0.29, 0.717) is 5.56 Å². The van der Waals surface area contributed by atoms with Gasteiger partial charge in [0.15, 0.2) is 18.9 Å². The van der Waals surface area contributed by atoms with Crippen LogP contribution in [0.15, 0.2) is 79.1 Å². The number of rotatable bonds is 3. The summed E-state index contributed by atoms with van der Waals surface area (Å²) in [5, 5.41) is 8.82. The standard InChI is InChI=1S/C19H15N2/c20-14-16-6-8-18(9-7-16)19-10-12-21(13-11-19)15-17-4-2-1-3-5-17/h1-13H,15H2/q+1. The van der Waals surface area contributed by atoms with E-state index in [1.807, 2.05) is 30.3 Å². The number of hydrogen-bond acceptors (Lipinski definition) is 1. The summed E-state index contributed by atoms with van der Waals surface area (Å²) in [6.45, 7) is 0.870. The van der Waals surface area contributed by atoms with Crippen LogP contribution in [0.4, 0.5) is 0 Å². The summed E-state index contributed by atoms with van der Waals surface area (Å²) >= 11 is 0. The van der Waals surface area contributed by atoms with Gasteiger partial charge in [0, 0.05) is 17.7 Å². The second-order valence-electron chi connectivity index (χ2n) is 4.93. The Bertz CT molecular complexity index is 751. The molecule has 0 bridgehead atoms. The molecule has 2 nitrogen and oxygen atoms in total. The van der Waals surface area contributed by atoms with Crippen LogP contribution >= 0.6 is 0 Å². The largest absolute Gasteiger partial charge is 0.201 e. The third kappa shape index (κ3) is 3.16. The van der Waals surface area contributed by atoms with Crippen LogP contribution in [-0.4, -0.2) is 0 Å². The van der Waals surface area contributed by atoms with Crippen molar-refractivity contribution in [1.82, 2.24) is 0 Å². The highest BCUT2D eigenvalue weighted by molar-refractivity contribution is 5.63. The summed E-state index contributed by atoms with van der Waals surface area (Å²) in [5.41, 5.74) is 4.26. The summed E-state index contributed by atoms with van der Waals surface area (Å²) in [5.74, 6) is 0. The zero-order valence-electron chi connectivity index (χ0n) is 11.6. The highest BCUT2D eigenvalue weighted by Crippen LogP contribution is 2.18. The third-order valence-electron chi connectivity index (χ3n) is 3.45. The van der Waals surface area contributed by atoms with Gasteiger partial charge in [-0.05, 0) is 23.3 Å². The van der Waals surface area contributed by atoms with E-state index >= 15 is 0 Å². The Morgan fingerprint density at radius 3 is 2.00 bits per heavy atom. The van der Waals surface area contributed by atoms with Gasteiger partial charge in [-0.2, -0.15) is 5.26 Å². The normalized spacial score (nSPS) is 10.0. The SMILES string of the molecule is N#Cc1ccc(-c2cc[n+](Cc3ccccc3)cc2)cc1. The first-order chi connectivity index (χ1) is 10.3. The van der Waals surface area contributed by atoms with Gasteiger partial charge >= 0.3 is 0 Å². The third-order valence-corrected chi connectivity index (χ3v) is 3.45. The molecule has 3 aromatic rings. The number of benzene rings is 2. The summed E-state index contributed by atoms with van der Waals surface area (Å²) in [4.78, 5) is 0. The molecule has 0 N–H and O–H groups in total. The van der Waals surface area contributed by atoms with Crippen molar-refractivity contribution in [3.05, 3.63) is 90.3 Å². The fourth-order valence-electron chi connectivity index (χ4n) is 2.29. The van der Waals surface area contributed by atoms with Crippen LogP contribution in [-0.2, 0) is 6.54 Å². The zero-order valence-corrected chi connectivity index (χ0v) is 11.6. The molecule has 2 aromatic carbocycles. The van der Waals surface area contributed by atoms with Crippen LogP contribution < -0.4 is 4.57 Å². The Labute approximate surface area is 124 Å². The van der Waals surface area contributed by atoms with E-state index in [-0.39, 0.29) is 0 Å². The van der Waals surface area contributed by atoms with Gasteiger partial charge < -0.3 is 0 Å². The second-order valence-corrected chi connectivity index (χ2v) is 4.93. The van der Waals surface area contributed by atoms with E-state index in [1.165, 1.54) is 5.56 Å². The van der Waals surface area contributed by atoms with Crippen molar-refractivity contribution >= 4 is 0 Å². The van der Waals surface area contributed by atoms with Crippen molar-refractivity contribution in [3.8, 4) is 17.2 Å². The molecule has 0 saturated heterocycles. The molecule has 21 heavy (non-hydrogen) atoms. The van der Waals surface area contributed by atoms with E-state index in [1.54, 1.807) is 0 Å². The van der Waals surface area contributed by atoms with Crippen LogP contribution in [0, 0.1) is 11.3 Å². The molecule has 1 heterocycles. The van der Waals surface area contributed by atoms with Gasteiger partial charge in [-0.1, -0.05) is 42.5 Å². The maximum atomic E-state index is 8.82. The van der Waals surface area contributed by atoms with Crippen molar-refractivity contribution in [2.24, 2.45) is 0 Å². The van der Waals surface area contributed by atoms with Crippen LogP contribution in [0.25, 0.3) is 11.1 Å². The molecule has 2 heteroatoms. The second kappa shape index (κ2) is 6.02. The van der Waals surface area contributed by atoms with Gasteiger partial charge in [-0.3, -0.25) is 0 Å². The minimum Gasteiger partial charge on any atom is -0.201 e. The van der Waals surface area contributed by atoms with Crippen molar-refractivity contribution in [3.63, 3.8) is 0 Å². The highest BCUT2D eigenvalue weighted by Gasteiger charge is 2.04. The van der Waals surface area contributed by atoms with Gasteiger partial charge in [0.1, 0.15) is 0 Å². The molecule has 0 radical (unpaired) electrons. The number of nitrogens with zero attached hydrogens (tertiary/aromatic N) is 2. The smallest absolute Gasteiger partial charge is 0.173 e. The van der Waals surface area contributed by atoms with E-state index in [4.69, 9.17) is 5.26 Å². The Hall–Kier alpha value is -2.92. The number of aromatic nitrogens is 1. The molecule has 3 rings (SSSR count). The number of pyridine rings is 1. The fraction of sp³-hybridized carbons (Fsp3) is 0.0526. The maximum absolute atomic E-state index is 8.82. The van der Waals surface area contributed by atoms with Crippen molar-refractivity contribution in [1.29, 1.82) is 5.26 Å². The van der Waals surface area contributed by atoms with Crippen LogP contribution in [0.5, 0.6) is 0 Å². The van der Waals surface area contributed by atoms with Gasteiger partial charge in [0.2, 0.25) is 0 Å². The quantitative estimate of drug-likeness (QED) is 0.669. The maximum Gasteiger partial charge on any atom is 0.173 e. The molecule has 0 fully saturated rings. The Morgan fingerprint density at radius 2 is 1.38 bits per heavy atom. The first-order valence-electron chi connectivity index (χ1n) is 6.89. The Balaban J connectivity index is 1.79. The Morgan fingerprint density at radius 1 is 0.762 bits per heavy atom. The first kappa shape index (κ1) is 13.1. The molecule has 0 amide bonds. The number of nitriles is 1. The van der Waals surface area contributed by atoms with Gasteiger partial charge in [0.05, 0.1) is 11.6 Å². The molecule has 100 valence electrons. The topological polar surface area (TPSA) is 27.7 Å². The highest BCUT2D eigenvalue weighted by atomic mass is 14.9. The van der Waals surface area contributed by atoms with Crippen molar-refractivity contribution in [2.45, 2.75) is 6.54 Å². The minimum absolute atomic E-state index is 0.689. The van der Waals surface area contributed by atoms with Crippen LogP contribution in [0.2, 0.25) is 0 Å². The fourth-order valence-corrected chi connectivity index (χ4v) is 2.29. The van der Waals surface area contributed by atoms with E-state index in [0.717, 1.165) is 17.7 Å². The minimum atomic E-state index is 0.689. The van der Waals surface area contributed by atoms with Gasteiger partial charge in [-0.25, -0.2) is 4.57 Å². The predicted molar refractivity (Wildman–Crippen MR) is 82.3 cm³/mol. The molecule has 0 aliphatic rings. The lowest BCUT2D eigenvalue weighted by Crippen LogP contribution is -2.32. The number of hydrogen-bond donors (Lipinski definition) is 0. The van der Waals surface area contributed by atoms with Crippen molar-refractivity contribution in [2.75, 3.05) is 0 Å². The first-order valence-corrected chi connectivity index (χ1v) is 6.89. The summed E-state index contributed by atoms with van der Waals surface area (Å²) in [7, 11) is 0. The van der Waals surface area contributed by atoms with Crippen molar-refractivity contribution < 1.29 is 4.57 Å². The molecule has 0 atom stereocenters. The lowest BCUT2D eigenvalue weighted by molar-refractivity contribution is -0.688. The van der Waals surface area contributed by atoms with Crippen LogP contribution in [0.1, 0.15) is 11.1 Å². The van der Waals surface area contributed by atoms with E-state index in [9.17, 15) is 0 Å². The molecule has 0 aliphatic carbocycles. The summed E-state index contributed by atoms with van der Waals surface area (Å²) in [6.07, 6.45) is 4.17. The molecule has 0 saturated carbocycles. The van der Waals surface area contributed by atoms with E-state index < -0.39 is 0 Å². The average Bonchev–Trinajstić information content (AvgIpc) is 2.57. The monoisotopic (exact) mass is 271 g/mol.